The van der Waals surface area contributed by atoms with Crippen LogP contribution in [0.25, 0.3) is 16.9 Å². The predicted molar refractivity (Wildman–Crippen MR) is 122 cm³/mol. The van der Waals surface area contributed by atoms with Crippen LogP contribution in [0.1, 0.15) is 39.7 Å². The number of rotatable bonds is 4. The zero-order valence-corrected chi connectivity index (χ0v) is 18.3. The van der Waals surface area contributed by atoms with Crippen molar-refractivity contribution in [3.8, 4) is 11.3 Å². The molecule has 9 nitrogen and oxygen atoms in total. The van der Waals surface area contributed by atoms with Crippen molar-refractivity contribution >= 4 is 11.6 Å². The minimum absolute atomic E-state index is 0.128. The summed E-state index contributed by atoms with van der Waals surface area (Å²) in [5, 5.41) is 4.46. The quantitative estimate of drug-likeness (QED) is 0.467. The van der Waals surface area contributed by atoms with Crippen molar-refractivity contribution in [2.75, 3.05) is 13.1 Å². The number of amides is 1. The van der Waals surface area contributed by atoms with Crippen LogP contribution in [0.5, 0.6) is 0 Å². The normalized spacial score (nSPS) is 23.7. The molecule has 1 aromatic carbocycles. The number of fused-ring (bicyclic) bond motifs is 1. The highest BCUT2D eigenvalue weighted by Crippen LogP contribution is 2.55. The number of alkyl halides is 2. The second-order valence-electron chi connectivity index (χ2n) is 8.98. The molecule has 0 bridgehead atoms. The second kappa shape index (κ2) is 7.97. The van der Waals surface area contributed by atoms with Gasteiger partial charge in [0.1, 0.15) is 0 Å². The van der Waals surface area contributed by atoms with E-state index in [1.807, 2.05) is 18.2 Å². The van der Waals surface area contributed by atoms with Gasteiger partial charge in [0.15, 0.2) is 18.0 Å². The first-order chi connectivity index (χ1) is 16.9. The summed E-state index contributed by atoms with van der Waals surface area (Å²) < 4.78 is 28.6. The minimum atomic E-state index is -1.64. The molecule has 0 spiro atoms. The predicted octanol–water partition coefficient (Wildman–Crippen LogP) is 2.18. The molecule has 1 aliphatic carbocycles. The fourth-order valence-corrected chi connectivity index (χ4v) is 4.80. The Hall–Kier alpha value is -4.15. The van der Waals surface area contributed by atoms with E-state index in [4.69, 9.17) is 0 Å². The third-order valence-corrected chi connectivity index (χ3v) is 6.73. The van der Waals surface area contributed by atoms with Gasteiger partial charge in [-0.15, -0.1) is 0 Å². The van der Waals surface area contributed by atoms with Crippen molar-refractivity contribution in [3.63, 3.8) is 0 Å². The molecular formula is C24H20F2N6O3. The van der Waals surface area contributed by atoms with Crippen LogP contribution >= 0.6 is 0 Å². The van der Waals surface area contributed by atoms with Crippen LogP contribution in [0.2, 0.25) is 0 Å². The molecule has 2 N–H and O–H groups in total. The van der Waals surface area contributed by atoms with E-state index in [0.717, 1.165) is 17.5 Å². The van der Waals surface area contributed by atoms with Gasteiger partial charge >= 0.3 is 5.69 Å². The molecule has 3 aromatic heterocycles. The van der Waals surface area contributed by atoms with Gasteiger partial charge in [-0.3, -0.25) is 14.6 Å². The summed E-state index contributed by atoms with van der Waals surface area (Å²) in [6.07, 6.45) is 2.24. The third kappa shape index (κ3) is 3.72. The zero-order chi connectivity index (χ0) is 24.3. The number of halogens is 2. The lowest BCUT2D eigenvalue weighted by Crippen LogP contribution is -2.29. The van der Waals surface area contributed by atoms with Crippen molar-refractivity contribution in [3.05, 3.63) is 86.5 Å². The number of nitrogens with one attached hydrogen (secondary N) is 2. The molecule has 2 aliphatic rings. The van der Waals surface area contributed by atoms with Crippen LogP contribution in [0.15, 0.2) is 58.5 Å². The first-order valence-electron chi connectivity index (χ1n) is 11.2. The maximum atomic E-state index is 13.5. The summed E-state index contributed by atoms with van der Waals surface area (Å²) in [6, 6.07) is 8.93. The van der Waals surface area contributed by atoms with Crippen molar-refractivity contribution in [1.29, 1.82) is 0 Å². The van der Waals surface area contributed by atoms with Crippen molar-refractivity contribution < 1.29 is 13.6 Å². The van der Waals surface area contributed by atoms with Gasteiger partial charge in [0.05, 0.1) is 24.3 Å². The summed E-state index contributed by atoms with van der Waals surface area (Å²) in [6.45, 7) is -0.454. The number of imidazole rings is 1. The first-order valence-corrected chi connectivity index (χ1v) is 11.2. The lowest BCUT2D eigenvalue weighted by atomic mass is 10.0. The number of aromatic amines is 2. The van der Waals surface area contributed by atoms with Crippen LogP contribution in [-0.4, -0.2) is 60.8 Å². The molecule has 4 aromatic rings. The molecule has 35 heavy (non-hydrogen) atoms. The van der Waals surface area contributed by atoms with E-state index in [2.05, 4.69) is 20.1 Å². The van der Waals surface area contributed by atoms with Gasteiger partial charge < -0.3 is 9.88 Å². The molecule has 0 radical (unpaired) electrons. The molecule has 4 heterocycles. The van der Waals surface area contributed by atoms with Crippen LogP contribution in [0, 0.1) is 0 Å². The molecule has 4 atom stereocenters. The molecule has 0 unspecified atom stereocenters. The number of hydrogen-bond acceptors (Lipinski definition) is 5. The average molecular weight is 478 g/mol. The molecule has 1 amide bonds. The SMILES string of the molecule is O=C(c1ccc([C@H]2C[C@@H]2c2cc(-c3c[nH]c(=O)[nH]c3=O)nn3ccnc23)cc1)N1C[C@@H](F)[C@@H](F)C1. The Morgan fingerprint density at radius 3 is 2.51 bits per heavy atom. The molecule has 1 aliphatic heterocycles. The van der Waals surface area contributed by atoms with Gasteiger partial charge in [-0.25, -0.2) is 23.1 Å². The number of aromatic nitrogens is 5. The topological polar surface area (TPSA) is 116 Å². The van der Waals surface area contributed by atoms with E-state index < -0.39 is 23.6 Å². The monoisotopic (exact) mass is 478 g/mol. The number of H-pyrrole nitrogens is 2. The van der Waals surface area contributed by atoms with Gasteiger partial charge in [-0.05, 0) is 42.0 Å². The summed E-state index contributed by atoms with van der Waals surface area (Å²) in [4.78, 5) is 46.6. The van der Waals surface area contributed by atoms with Crippen LogP contribution in [0.3, 0.4) is 0 Å². The Bertz CT molecular complexity index is 1550. The molecule has 11 heteroatoms. The minimum Gasteiger partial charge on any atom is -0.333 e. The van der Waals surface area contributed by atoms with Crippen molar-refractivity contribution in [1.82, 2.24) is 29.5 Å². The summed E-state index contributed by atoms with van der Waals surface area (Å²) in [7, 11) is 0. The smallest absolute Gasteiger partial charge is 0.325 e. The fourth-order valence-electron chi connectivity index (χ4n) is 4.80. The Kier molecular flexibility index (Phi) is 4.87. The standard InChI is InChI=1S/C24H20F2N6O3/c25-18-10-31(11-19(18)26)23(34)13-3-1-12(2-4-13)14-7-15(14)16-8-20(30-32-6-5-27-21(16)32)17-9-28-24(35)29-22(17)33/h1-6,8-9,14-15,18-19H,7,10-11H2,(H2,28,29,33,35)/t14-,15+,18-,19+/m1/s1. The van der Waals surface area contributed by atoms with Gasteiger partial charge in [0, 0.05) is 29.7 Å². The maximum Gasteiger partial charge on any atom is 0.325 e. The largest absolute Gasteiger partial charge is 0.333 e. The number of benzene rings is 1. The zero-order valence-electron chi connectivity index (χ0n) is 18.3. The summed E-state index contributed by atoms with van der Waals surface area (Å²) in [5.41, 5.74) is 2.57. The van der Waals surface area contributed by atoms with E-state index in [9.17, 15) is 23.2 Å². The molecule has 178 valence electrons. The summed E-state index contributed by atoms with van der Waals surface area (Å²) >= 11 is 0. The van der Waals surface area contributed by atoms with Crippen molar-refractivity contribution in [2.45, 2.75) is 30.6 Å². The number of likely N-dealkylation sites (tertiary alicyclic amines) is 1. The number of hydrogen-bond donors (Lipinski definition) is 2. The fraction of sp³-hybridized carbons (Fsp3) is 0.292. The maximum absolute atomic E-state index is 13.5. The average Bonchev–Trinajstić information content (AvgIpc) is 3.37. The highest BCUT2D eigenvalue weighted by molar-refractivity contribution is 5.94. The first kappa shape index (κ1) is 21.4. The number of carbonyl (C=O) groups excluding carboxylic acids is 1. The van der Waals surface area contributed by atoms with E-state index in [1.54, 1.807) is 29.0 Å². The Morgan fingerprint density at radius 1 is 1.06 bits per heavy atom. The highest BCUT2D eigenvalue weighted by atomic mass is 19.2. The summed E-state index contributed by atoms with van der Waals surface area (Å²) in [5.74, 6) is -0.0695. The van der Waals surface area contributed by atoms with Crippen LogP contribution < -0.4 is 11.2 Å². The second-order valence-corrected chi connectivity index (χ2v) is 8.98. The lowest BCUT2D eigenvalue weighted by Gasteiger charge is -2.15. The molecule has 6 rings (SSSR count). The number of carbonyl (C=O) groups is 1. The Balaban J connectivity index is 1.27. The van der Waals surface area contributed by atoms with Gasteiger partial charge in [-0.2, -0.15) is 5.10 Å². The van der Waals surface area contributed by atoms with Gasteiger partial charge in [0.2, 0.25) is 0 Å². The van der Waals surface area contributed by atoms with Gasteiger partial charge in [-0.1, -0.05) is 12.1 Å². The molecule has 1 saturated carbocycles. The molecule has 2 fully saturated rings. The van der Waals surface area contributed by atoms with Crippen LogP contribution in [0.4, 0.5) is 8.78 Å². The Morgan fingerprint density at radius 2 is 1.80 bits per heavy atom. The van der Waals surface area contributed by atoms with E-state index in [1.165, 1.54) is 11.1 Å². The Labute approximate surface area is 196 Å². The van der Waals surface area contributed by atoms with Gasteiger partial charge in [0.25, 0.3) is 11.5 Å². The van der Waals surface area contributed by atoms with E-state index >= 15 is 0 Å². The van der Waals surface area contributed by atoms with E-state index in [0.29, 0.717) is 16.9 Å². The van der Waals surface area contributed by atoms with Crippen LogP contribution in [-0.2, 0) is 0 Å². The number of nitrogens with zero attached hydrogens (tertiary/aromatic N) is 4. The van der Waals surface area contributed by atoms with Crippen molar-refractivity contribution in [2.24, 2.45) is 0 Å². The highest BCUT2D eigenvalue weighted by Gasteiger charge is 2.42. The van der Waals surface area contributed by atoms with E-state index in [-0.39, 0.29) is 36.4 Å². The third-order valence-electron chi connectivity index (χ3n) is 6.73. The lowest BCUT2D eigenvalue weighted by molar-refractivity contribution is 0.0779. The molecule has 1 saturated heterocycles. The molecular weight excluding hydrogens is 458 g/mol.